The average molecular weight is 334 g/mol. The Labute approximate surface area is 134 Å². The van der Waals surface area contributed by atoms with E-state index in [-0.39, 0.29) is 30.8 Å². The Morgan fingerprint density at radius 3 is 2.67 bits per heavy atom. The van der Waals surface area contributed by atoms with Gasteiger partial charge in [-0.3, -0.25) is 9.59 Å². The fraction of sp³-hybridized carbons (Fsp3) is 0.385. The minimum absolute atomic E-state index is 0. The molecular weight excluding hydrogens is 317 g/mol. The van der Waals surface area contributed by atoms with Gasteiger partial charge in [-0.2, -0.15) is 0 Å². The largest absolute Gasteiger partial charge is 0.366 e. The van der Waals surface area contributed by atoms with Crippen LogP contribution in [0.25, 0.3) is 0 Å². The van der Waals surface area contributed by atoms with E-state index in [1.165, 1.54) is 0 Å². The first kappa shape index (κ1) is 17.7. The Balaban J connectivity index is 0.00000220. The van der Waals surface area contributed by atoms with Gasteiger partial charge in [0.25, 0.3) is 5.91 Å². The Kier molecular flexibility index (Phi) is 7.45. The molecule has 1 unspecified atom stereocenters. The lowest BCUT2D eigenvalue weighted by atomic mass is 10.3. The van der Waals surface area contributed by atoms with Gasteiger partial charge in [0.1, 0.15) is 6.10 Å². The van der Waals surface area contributed by atoms with E-state index in [1.807, 2.05) is 0 Å². The van der Waals surface area contributed by atoms with Crippen LogP contribution >= 0.6 is 24.0 Å². The minimum Gasteiger partial charge on any atom is -0.366 e. The van der Waals surface area contributed by atoms with E-state index in [2.05, 4.69) is 16.0 Å². The van der Waals surface area contributed by atoms with E-state index in [9.17, 15) is 9.59 Å². The van der Waals surface area contributed by atoms with Crippen molar-refractivity contribution in [2.45, 2.75) is 6.10 Å². The van der Waals surface area contributed by atoms with Gasteiger partial charge in [-0.15, -0.1) is 12.4 Å². The van der Waals surface area contributed by atoms with E-state index in [0.29, 0.717) is 23.9 Å². The second-order valence-electron chi connectivity index (χ2n) is 4.34. The van der Waals surface area contributed by atoms with Crippen LogP contribution in [0, 0.1) is 0 Å². The van der Waals surface area contributed by atoms with Crippen molar-refractivity contribution in [3.8, 4) is 0 Å². The summed E-state index contributed by atoms with van der Waals surface area (Å²) in [4.78, 5) is 23.4. The van der Waals surface area contributed by atoms with Crippen LogP contribution in [0.1, 0.15) is 0 Å². The van der Waals surface area contributed by atoms with Gasteiger partial charge >= 0.3 is 0 Å². The number of hydrogen-bond acceptors (Lipinski definition) is 4. The molecule has 0 saturated carbocycles. The maximum absolute atomic E-state index is 11.7. The van der Waals surface area contributed by atoms with Crippen LogP contribution in [0.4, 0.5) is 5.69 Å². The molecule has 1 aromatic rings. The van der Waals surface area contributed by atoms with Gasteiger partial charge < -0.3 is 20.7 Å². The molecule has 1 aliphatic heterocycles. The first-order valence-electron chi connectivity index (χ1n) is 6.30. The SMILES string of the molecule is Cl.O=C(CNC(=O)C1CNCCO1)Nc1ccc(Cl)cc1. The minimum atomic E-state index is -0.535. The number of nitrogens with one attached hydrogen (secondary N) is 3. The van der Waals surface area contributed by atoms with Crippen molar-refractivity contribution in [2.24, 2.45) is 0 Å². The number of halogens is 2. The van der Waals surface area contributed by atoms with Crippen LogP contribution in [0.5, 0.6) is 0 Å². The van der Waals surface area contributed by atoms with Crippen molar-refractivity contribution in [3.05, 3.63) is 29.3 Å². The van der Waals surface area contributed by atoms with Crippen LogP contribution < -0.4 is 16.0 Å². The molecule has 3 N–H and O–H groups in total. The van der Waals surface area contributed by atoms with Gasteiger partial charge in [0.15, 0.2) is 0 Å². The number of rotatable bonds is 4. The van der Waals surface area contributed by atoms with Crippen LogP contribution in [0.15, 0.2) is 24.3 Å². The summed E-state index contributed by atoms with van der Waals surface area (Å²) >= 11 is 5.75. The number of benzene rings is 1. The van der Waals surface area contributed by atoms with Gasteiger partial charge in [0, 0.05) is 23.8 Å². The van der Waals surface area contributed by atoms with Crippen LogP contribution in [-0.2, 0) is 14.3 Å². The molecule has 1 saturated heterocycles. The van der Waals surface area contributed by atoms with Gasteiger partial charge in [0.05, 0.1) is 13.2 Å². The maximum Gasteiger partial charge on any atom is 0.250 e. The number of anilines is 1. The third-order valence-electron chi connectivity index (χ3n) is 2.77. The molecule has 6 nitrogen and oxygen atoms in total. The highest BCUT2D eigenvalue weighted by atomic mass is 35.5. The smallest absolute Gasteiger partial charge is 0.250 e. The summed E-state index contributed by atoms with van der Waals surface area (Å²) in [5, 5.41) is 8.85. The summed E-state index contributed by atoms with van der Waals surface area (Å²) in [5.41, 5.74) is 0.629. The zero-order valence-corrected chi connectivity index (χ0v) is 12.8. The summed E-state index contributed by atoms with van der Waals surface area (Å²) in [6.07, 6.45) is -0.535. The molecule has 21 heavy (non-hydrogen) atoms. The van der Waals surface area contributed by atoms with Crippen molar-refractivity contribution in [1.29, 1.82) is 0 Å². The highest BCUT2D eigenvalue weighted by molar-refractivity contribution is 6.30. The lowest BCUT2D eigenvalue weighted by Crippen LogP contribution is -2.49. The number of carbonyl (C=O) groups is 2. The van der Waals surface area contributed by atoms with Crippen molar-refractivity contribution in [3.63, 3.8) is 0 Å². The molecule has 116 valence electrons. The monoisotopic (exact) mass is 333 g/mol. The lowest BCUT2D eigenvalue weighted by Gasteiger charge is -2.22. The molecule has 8 heteroatoms. The molecule has 0 aromatic heterocycles. The van der Waals surface area contributed by atoms with E-state index in [1.54, 1.807) is 24.3 Å². The van der Waals surface area contributed by atoms with Gasteiger partial charge in [-0.25, -0.2) is 0 Å². The third-order valence-corrected chi connectivity index (χ3v) is 3.02. The summed E-state index contributed by atoms with van der Waals surface area (Å²) in [5.74, 6) is -0.590. The van der Waals surface area contributed by atoms with Gasteiger partial charge in [-0.05, 0) is 24.3 Å². The molecule has 0 spiro atoms. The summed E-state index contributed by atoms with van der Waals surface area (Å²) in [6, 6.07) is 6.74. The molecule has 0 bridgehead atoms. The zero-order chi connectivity index (χ0) is 14.4. The van der Waals surface area contributed by atoms with Gasteiger partial charge in [0.2, 0.25) is 5.91 Å². The standard InChI is InChI=1S/C13H16ClN3O3.ClH/c14-9-1-3-10(4-2-9)17-12(18)8-16-13(19)11-7-15-5-6-20-11;/h1-4,11,15H,5-8H2,(H,16,19)(H,17,18);1H. The zero-order valence-electron chi connectivity index (χ0n) is 11.2. The van der Waals surface area contributed by atoms with E-state index in [4.69, 9.17) is 16.3 Å². The molecule has 2 amide bonds. The van der Waals surface area contributed by atoms with E-state index >= 15 is 0 Å². The molecule has 1 atom stereocenters. The topological polar surface area (TPSA) is 79.5 Å². The highest BCUT2D eigenvalue weighted by Gasteiger charge is 2.21. The summed E-state index contributed by atoms with van der Waals surface area (Å²) < 4.78 is 5.28. The molecular formula is C13H17Cl2N3O3. The Morgan fingerprint density at radius 1 is 1.33 bits per heavy atom. The fourth-order valence-electron chi connectivity index (χ4n) is 1.75. The quantitative estimate of drug-likeness (QED) is 0.761. The highest BCUT2D eigenvalue weighted by Crippen LogP contribution is 2.12. The fourth-order valence-corrected chi connectivity index (χ4v) is 1.88. The normalized spacial score (nSPS) is 17.5. The molecule has 1 aromatic carbocycles. The number of amides is 2. The van der Waals surface area contributed by atoms with Crippen LogP contribution in [0.3, 0.4) is 0 Å². The first-order valence-corrected chi connectivity index (χ1v) is 6.68. The van der Waals surface area contributed by atoms with Crippen molar-refractivity contribution in [2.75, 3.05) is 31.6 Å². The van der Waals surface area contributed by atoms with Crippen molar-refractivity contribution < 1.29 is 14.3 Å². The molecule has 1 fully saturated rings. The Bertz CT molecular complexity index is 476. The summed E-state index contributed by atoms with van der Waals surface area (Å²) in [6.45, 7) is 1.60. The second-order valence-corrected chi connectivity index (χ2v) is 4.77. The lowest BCUT2D eigenvalue weighted by molar-refractivity contribution is -0.135. The second kappa shape index (κ2) is 8.84. The van der Waals surface area contributed by atoms with Crippen LogP contribution in [0.2, 0.25) is 5.02 Å². The van der Waals surface area contributed by atoms with Crippen LogP contribution in [-0.4, -0.2) is 44.2 Å². The molecule has 2 rings (SSSR count). The molecule has 0 aliphatic carbocycles. The van der Waals surface area contributed by atoms with E-state index in [0.717, 1.165) is 6.54 Å². The number of carbonyl (C=O) groups excluding carboxylic acids is 2. The predicted octanol–water partition coefficient (Wildman–Crippen LogP) is 0.805. The van der Waals surface area contributed by atoms with Crippen molar-refractivity contribution in [1.82, 2.24) is 10.6 Å². The first-order chi connectivity index (χ1) is 9.65. The number of morpholine rings is 1. The van der Waals surface area contributed by atoms with E-state index < -0.39 is 6.10 Å². The third kappa shape index (κ3) is 5.89. The Hall–Kier alpha value is -1.34. The number of ether oxygens (including phenoxy) is 1. The molecule has 0 radical (unpaired) electrons. The van der Waals surface area contributed by atoms with Gasteiger partial charge in [-0.1, -0.05) is 11.6 Å². The Morgan fingerprint density at radius 2 is 2.05 bits per heavy atom. The average Bonchev–Trinajstić information content (AvgIpc) is 2.48. The maximum atomic E-state index is 11.7. The van der Waals surface area contributed by atoms with Crippen molar-refractivity contribution >= 4 is 41.5 Å². The molecule has 1 heterocycles. The predicted molar refractivity (Wildman–Crippen MR) is 82.9 cm³/mol. The summed E-state index contributed by atoms with van der Waals surface area (Å²) in [7, 11) is 0. The molecule has 1 aliphatic rings. The number of hydrogen-bond donors (Lipinski definition) is 3.